The third kappa shape index (κ3) is 25.4. The summed E-state index contributed by atoms with van der Waals surface area (Å²) in [5.74, 6) is -1.38. The summed E-state index contributed by atoms with van der Waals surface area (Å²) in [6.07, 6.45) is 23.7. The van der Waals surface area contributed by atoms with Crippen molar-refractivity contribution in [1.82, 2.24) is 0 Å². The summed E-state index contributed by atoms with van der Waals surface area (Å²) in [6, 6.07) is 0. The topological polar surface area (TPSA) is 93.0 Å². The van der Waals surface area contributed by atoms with E-state index in [2.05, 4.69) is 29.3 Å². The van der Waals surface area contributed by atoms with Crippen LogP contribution < -0.4 is 34.7 Å². The van der Waals surface area contributed by atoms with E-state index in [0.29, 0.717) is 13.0 Å². The molecule has 0 radical (unpaired) electrons. The van der Waals surface area contributed by atoms with Crippen molar-refractivity contribution in [3.8, 4) is 0 Å². The van der Waals surface area contributed by atoms with Gasteiger partial charge in [-0.25, -0.2) is 0 Å². The summed E-state index contributed by atoms with van der Waals surface area (Å²) in [7, 11) is 0. The van der Waals surface area contributed by atoms with E-state index in [4.69, 9.17) is 10.2 Å². The van der Waals surface area contributed by atoms with Crippen molar-refractivity contribution in [2.45, 2.75) is 89.9 Å². The fourth-order valence-corrected chi connectivity index (χ4v) is 2.68. The summed E-state index contributed by atoms with van der Waals surface area (Å²) < 4.78 is 0. The summed E-state index contributed by atoms with van der Waals surface area (Å²) in [5.41, 5.74) is 0. The van der Waals surface area contributed by atoms with Crippen LogP contribution in [0.25, 0.3) is 0 Å². The smallest absolute Gasteiger partial charge is 0.862 e. The molecule has 6 heteroatoms. The molecule has 2 N–H and O–H groups in total. The van der Waals surface area contributed by atoms with Gasteiger partial charge in [-0.3, -0.25) is 9.79 Å². The first kappa shape index (κ1) is 29.6. The molecule has 0 aromatic rings. The second-order valence-electron chi connectivity index (χ2n) is 6.86. The molecule has 0 amide bonds. The van der Waals surface area contributed by atoms with Crippen molar-refractivity contribution >= 4 is 11.9 Å². The van der Waals surface area contributed by atoms with Crippen molar-refractivity contribution < 1.29 is 49.7 Å². The fourth-order valence-electron chi connectivity index (χ4n) is 2.68. The van der Waals surface area contributed by atoms with Crippen LogP contribution >= 0.6 is 0 Å². The van der Waals surface area contributed by atoms with Crippen molar-refractivity contribution in [3.63, 3.8) is 0 Å². The van der Waals surface area contributed by atoms with Gasteiger partial charge in [-0.2, -0.15) is 0 Å². The number of carboxylic acids is 1. The third-order valence-corrected chi connectivity index (χ3v) is 4.26. The Hall–Kier alpha value is -0.620. The van der Waals surface area contributed by atoms with E-state index in [1.165, 1.54) is 44.9 Å². The number of hydrogen-bond donors (Lipinski definition) is 2. The van der Waals surface area contributed by atoms with Crippen LogP contribution in [0.4, 0.5) is 0 Å². The molecule has 0 aliphatic heterocycles. The van der Waals surface area contributed by atoms with Crippen molar-refractivity contribution in [2.75, 3.05) is 13.2 Å². The van der Waals surface area contributed by atoms with Crippen LogP contribution in [0.1, 0.15) is 89.9 Å². The Bertz CT molecular complexity index is 436. The quantitative estimate of drug-likeness (QED) is 0.112. The van der Waals surface area contributed by atoms with Gasteiger partial charge in [-0.1, -0.05) is 50.0 Å². The maximum Gasteiger partial charge on any atom is 1.00 e. The standard InChI is InChI=1S/C22H39NO4.Na/c24-19-17-15-13-11-9-7-5-3-1-2-4-6-8-10-12-14-16-18-21(25)23-20-22(26)27;/h7,9-10,12,24H,1-6,8,11,13-20H2,(H,23,25)(H,26,27);/q;+1/p-1/b9-7-,12-10-;. The summed E-state index contributed by atoms with van der Waals surface area (Å²) in [4.78, 5) is 13.7. The van der Waals surface area contributed by atoms with Crippen LogP contribution in [0.3, 0.4) is 0 Å². The van der Waals surface area contributed by atoms with E-state index in [-0.39, 0.29) is 35.5 Å². The van der Waals surface area contributed by atoms with Crippen LogP contribution in [0.2, 0.25) is 0 Å². The maximum absolute atomic E-state index is 11.3. The molecule has 0 rings (SSSR count). The molecule has 0 aromatic carbocycles. The molecule has 0 spiro atoms. The molecule has 28 heavy (non-hydrogen) atoms. The van der Waals surface area contributed by atoms with Crippen molar-refractivity contribution in [2.24, 2.45) is 4.99 Å². The number of aliphatic imine (C=N–C) groups is 1. The Kier molecular flexibility index (Phi) is 25.8. The summed E-state index contributed by atoms with van der Waals surface area (Å²) >= 11 is 0. The van der Waals surface area contributed by atoms with Gasteiger partial charge in [-0.05, 0) is 70.1 Å². The molecular weight excluding hydrogens is 365 g/mol. The Balaban J connectivity index is 0. The SMILES string of the molecule is O=C(O)CN=C([O-])CCC/C=C\CCCCCCC/C=C\CCCCCO.[Na+]. The number of nitrogens with zero attached hydrogens (tertiary/aromatic N) is 1. The molecule has 156 valence electrons. The number of allylic oxidation sites excluding steroid dienone is 4. The largest absolute Gasteiger partial charge is 1.00 e. The van der Waals surface area contributed by atoms with E-state index in [1.54, 1.807) is 0 Å². The number of rotatable bonds is 19. The Morgan fingerprint density at radius 1 is 0.750 bits per heavy atom. The van der Waals surface area contributed by atoms with Crippen LogP contribution in [0, 0.1) is 0 Å². The average molecular weight is 404 g/mol. The first-order valence-electron chi connectivity index (χ1n) is 10.5. The normalized spacial score (nSPS) is 12.0. The first-order valence-corrected chi connectivity index (χ1v) is 10.5. The molecule has 0 saturated carbocycles. The van der Waals surface area contributed by atoms with Gasteiger partial charge in [0.15, 0.2) is 0 Å². The molecule has 0 heterocycles. The third-order valence-electron chi connectivity index (χ3n) is 4.26. The zero-order chi connectivity index (χ0) is 20.0. The Morgan fingerprint density at radius 2 is 1.18 bits per heavy atom. The minimum Gasteiger partial charge on any atom is -0.862 e. The van der Waals surface area contributed by atoms with E-state index in [1.807, 2.05) is 0 Å². The number of carboxylic acid groups (broad SMARTS) is 1. The van der Waals surface area contributed by atoms with Crippen LogP contribution in [-0.2, 0) is 4.79 Å². The van der Waals surface area contributed by atoms with Crippen LogP contribution in [0.5, 0.6) is 0 Å². The zero-order valence-corrected chi connectivity index (χ0v) is 19.8. The summed E-state index contributed by atoms with van der Waals surface area (Å²) in [6.45, 7) is -0.107. The molecule has 0 unspecified atom stereocenters. The molecule has 0 aromatic heterocycles. The minimum atomic E-state index is -1.06. The molecule has 0 fully saturated rings. The molecule has 5 nitrogen and oxygen atoms in total. The number of hydrogen-bond acceptors (Lipinski definition) is 4. The number of carbonyl (C=O) groups is 1. The Labute approximate surface area is 193 Å². The van der Waals surface area contributed by atoms with Gasteiger partial charge in [-0.15, -0.1) is 0 Å². The fraction of sp³-hybridized carbons (Fsp3) is 0.727. The van der Waals surface area contributed by atoms with E-state index in [0.717, 1.165) is 38.5 Å². The number of aliphatic hydroxyl groups excluding tert-OH is 1. The number of aliphatic hydroxyl groups is 1. The molecule has 0 saturated heterocycles. The minimum absolute atomic E-state index is 0. The van der Waals surface area contributed by atoms with Gasteiger partial charge in [0.25, 0.3) is 0 Å². The van der Waals surface area contributed by atoms with Gasteiger partial charge in [0.1, 0.15) is 6.54 Å². The number of unbranched alkanes of at least 4 members (excludes halogenated alkanes) is 10. The second-order valence-corrected chi connectivity index (χ2v) is 6.86. The van der Waals surface area contributed by atoms with Crippen LogP contribution in [-0.4, -0.2) is 35.2 Å². The molecule has 0 aliphatic rings. The van der Waals surface area contributed by atoms with Gasteiger partial charge in [0.2, 0.25) is 0 Å². The van der Waals surface area contributed by atoms with Gasteiger partial charge < -0.3 is 15.3 Å². The van der Waals surface area contributed by atoms with Crippen LogP contribution in [0.15, 0.2) is 29.3 Å². The molecule has 0 bridgehead atoms. The van der Waals surface area contributed by atoms with Gasteiger partial charge >= 0.3 is 35.5 Å². The average Bonchev–Trinajstić information content (AvgIpc) is 2.65. The Morgan fingerprint density at radius 3 is 1.64 bits per heavy atom. The summed E-state index contributed by atoms with van der Waals surface area (Å²) in [5, 5.41) is 28.4. The monoisotopic (exact) mass is 403 g/mol. The first-order chi connectivity index (χ1) is 13.2. The maximum atomic E-state index is 11.3. The van der Waals surface area contributed by atoms with E-state index < -0.39 is 12.5 Å². The second kappa shape index (κ2) is 24.4. The molecular formula is C22H38NNaO4. The zero-order valence-electron chi connectivity index (χ0n) is 17.8. The van der Waals surface area contributed by atoms with Gasteiger partial charge in [0.05, 0.1) is 0 Å². The predicted octanol–water partition coefficient (Wildman–Crippen LogP) is 1.40. The van der Waals surface area contributed by atoms with E-state index >= 15 is 0 Å². The van der Waals surface area contributed by atoms with E-state index in [9.17, 15) is 9.90 Å². The number of aliphatic carboxylic acids is 1. The molecule has 0 aliphatic carbocycles. The van der Waals surface area contributed by atoms with Crippen molar-refractivity contribution in [1.29, 1.82) is 0 Å². The molecule has 0 atom stereocenters. The van der Waals surface area contributed by atoms with Crippen molar-refractivity contribution in [3.05, 3.63) is 24.3 Å². The van der Waals surface area contributed by atoms with Gasteiger partial charge in [0, 0.05) is 6.61 Å². The predicted molar refractivity (Wildman–Crippen MR) is 110 cm³/mol.